The van der Waals surface area contributed by atoms with Gasteiger partial charge < -0.3 is 9.84 Å². The van der Waals surface area contributed by atoms with Crippen molar-refractivity contribution in [3.63, 3.8) is 0 Å². The van der Waals surface area contributed by atoms with E-state index in [1.165, 1.54) is 6.42 Å². The Balaban J connectivity index is 1.77. The highest BCUT2D eigenvalue weighted by Crippen LogP contribution is 2.40. The van der Waals surface area contributed by atoms with E-state index >= 15 is 0 Å². The van der Waals surface area contributed by atoms with E-state index in [1.54, 1.807) is 11.8 Å². The van der Waals surface area contributed by atoms with Crippen LogP contribution in [0.1, 0.15) is 39.2 Å². The summed E-state index contributed by atoms with van der Waals surface area (Å²) in [5, 5.41) is 11.2. The molecule has 2 aromatic rings. The van der Waals surface area contributed by atoms with Crippen LogP contribution in [0.5, 0.6) is 0 Å². The Kier molecular flexibility index (Phi) is 5.32. The van der Waals surface area contributed by atoms with Crippen LogP contribution in [0.25, 0.3) is 10.9 Å². The fourth-order valence-electron chi connectivity index (χ4n) is 4.27. The van der Waals surface area contributed by atoms with Crippen LogP contribution in [0, 0.1) is 17.3 Å². The molecule has 0 unspecified atom stereocenters. The Morgan fingerprint density at radius 3 is 2.78 bits per heavy atom. The molecule has 0 bridgehead atoms. The third kappa shape index (κ3) is 3.43. The van der Waals surface area contributed by atoms with Gasteiger partial charge in [0.2, 0.25) is 0 Å². The maximum atomic E-state index is 13.4. The van der Waals surface area contributed by atoms with E-state index in [1.807, 2.05) is 28.8 Å². The highest BCUT2D eigenvalue weighted by atomic mass is 32.2. The lowest BCUT2D eigenvalue weighted by Crippen LogP contribution is -2.47. The molecule has 2 fully saturated rings. The number of aromatic nitrogens is 2. The third-order valence-electron chi connectivity index (χ3n) is 6.43. The average molecular weight is 389 g/mol. The maximum Gasteiger partial charge on any atom is 0.262 e. The van der Waals surface area contributed by atoms with E-state index in [4.69, 9.17) is 9.72 Å². The van der Waals surface area contributed by atoms with Crippen molar-refractivity contribution in [3.8, 4) is 0 Å². The summed E-state index contributed by atoms with van der Waals surface area (Å²) in [4.78, 5) is 18.3. The van der Waals surface area contributed by atoms with Crippen LogP contribution in [0.3, 0.4) is 0 Å². The minimum Gasteiger partial charge on any atom is -0.396 e. The molecule has 6 heteroatoms. The van der Waals surface area contributed by atoms with Gasteiger partial charge in [-0.05, 0) is 30.4 Å². The second kappa shape index (κ2) is 7.57. The summed E-state index contributed by atoms with van der Waals surface area (Å²) in [6, 6.07) is 7.80. The monoisotopic (exact) mass is 388 g/mol. The first-order valence-electron chi connectivity index (χ1n) is 9.87. The predicted molar refractivity (Wildman–Crippen MR) is 108 cm³/mol. The Hall–Kier alpha value is -1.37. The maximum absolute atomic E-state index is 13.4. The molecule has 1 saturated carbocycles. The zero-order valence-corrected chi connectivity index (χ0v) is 16.9. The molecule has 4 rings (SSSR count). The SMILES string of the molecule is C[C@@H]1[C@H](C)CCC[C@@H]1n1c(SCC2(CO)COC2)nc2ccccc2c1=O. The lowest BCUT2D eigenvalue weighted by molar-refractivity contribution is -0.121. The van der Waals surface area contributed by atoms with Crippen LogP contribution in [-0.2, 0) is 4.74 Å². The van der Waals surface area contributed by atoms with E-state index in [0.717, 1.165) is 23.5 Å². The number of hydrogen-bond acceptors (Lipinski definition) is 5. The van der Waals surface area contributed by atoms with Gasteiger partial charge in [0.25, 0.3) is 5.56 Å². The summed E-state index contributed by atoms with van der Waals surface area (Å²) in [5.74, 6) is 1.76. The fraction of sp³-hybridized carbons (Fsp3) is 0.619. The Bertz CT molecular complexity index is 872. The van der Waals surface area contributed by atoms with Crippen LogP contribution >= 0.6 is 11.8 Å². The third-order valence-corrected chi connectivity index (χ3v) is 7.73. The molecule has 0 amide bonds. The number of thioether (sulfide) groups is 1. The van der Waals surface area contributed by atoms with Gasteiger partial charge in [0.15, 0.2) is 5.16 Å². The lowest BCUT2D eigenvalue weighted by Gasteiger charge is -2.40. The first-order chi connectivity index (χ1) is 13.0. The number of hydrogen-bond donors (Lipinski definition) is 1. The van der Waals surface area contributed by atoms with Crippen LogP contribution in [0.4, 0.5) is 0 Å². The predicted octanol–water partition coefficient (Wildman–Crippen LogP) is 3.49. The topological polar surface area (TPSA) is 64.3 Å². The molecule has 1 aliphatic carbocycles. The van der Waals surface area contributed by atoms with Gasteiger partial charge in [-0.25, -0.2) is 4.98 Å². The molecule has 0 spiro atoms. The minimum absolute atomic E-state index is 0.0666. The second-order valence-electron chi connectivity index (χ2n) is 8.36. The van der Waals surface area contributed by atoms with Crippen molar-refractivity contribution in [1.29, 1.82) is 0 Å². The zero-order valence-electron chi connectivity index (χ0n) is 16.1. The first-order valence-corrected chi connectivity index (χ1v) is 10.9. The van der Waals surface area contributed by atoms with Crippen LogP contribution in [-0.4, -0.2) is 40.2 Å². The highest BCUT2D eigenvalue weighted by Gasteiger charge is 2.39. The number of rotatable bonds is 5. The van der Waals surface area contributed by atoms with Crippen molar-refractivity contribution in [2.75, 3.05) is 25.6 Å². The van der Waals surface area contributed by atoms with Crippen LogP contribution in [0.15, 0.2) is 34.2 Å². The number of fused-ring (bicyclic) bond motifs is 1. The fourth-order valence-corrected chi connectivity index (χ4v) is 5.48. The molecule has 1 N–H and O–H groups in total. The van der Waals surface area contributed by atoms with Crippen molar-refractivity contribution in [2.45, 2.75) is 44.3 Å². The van der Waals surface area contributed by atoms with Crippen LogP contribution < -0.4 is 5.56 Å². The van der Waals surface area contributed by atoms with Gasteiger partial charge in [0, 0.05) is 17.2 Å². The summed E-state index contributed by atoms with van der Waals surface area (Å²) in [6.07, 6.45) is 3.39. The Morgan fingerprint density at radius 2 is 2.07 bits per heavy atom. The average Bonchev–Trinajstić information content (AvgIpc) is 2.64. The van der Waals surface area contributed by atoms with Crippen molar-refractivity contribution in [1.82, 2.24) is 9.55 Å². The van der Waals surface area contributed by atoms with E-state index in [9.17, 15) is 9.90 Å². The standard InChI is InChI=1S/C21H28N2O3S/c1-14-6-5-9-18(15(14)2)23-19(25)16-7-3-4-8-17(16)22-20(23)27-13-21(10-24)11-26-12-21/h3-4,7-8,14-15,18,24H,5-6,9-13H2,1-2H3/t14-,15-,18+/m1/s1. The Morgan fingerprint density at radius 1 is 1.30 bits per heavy atom. The van der Waals surface area contributed by atoms with Crippen molar-refractivity contribution >= 4 is 22.7 Å². The number of para-hydroxylation sites is 1. The smallest absolute Gasteiger partial charge is 0.262 e. The molecule has 146 valence electrons. The number of aliphatic hydroxyl groups excluding tert-OH is 1. The summed E-state index contributed by atoms with van der Waals surface area (Å²) >= 11 is 1.59. The van der Waals surface area contributed by atoms with Gasteiger partial charge >= 0.3 is 0 Å². The molecule has 3 atom stereocenters. The van der Waals surface area contributed by atoms with Crippen LogP contribution in [0.2, 0.25) is 0 Å². The van der Waals surface area contributed by atoms with Gasteiger partial charge in [0.05, 0.1) is 30.7 Å². The van der Waals surface area contributed by atoms with Gasteiger partial charge in [-0.3, -0.25) is 9.36 Å². The van der Waals surface area contributed by atoms with Gasteiger partial charge in [-0.1, -0.05) is 50.6 Å². The minimum atomic E-state index is -0.204. The highest BCUT2D eigenvalue weighted by molar-refractivity contribution is 7.99. The summed E-state index contributed by atoms with van der Waals surface area (Å²) in [5.41, 5.74) is 0.613. The van der Waals surface area contributed by atoms with Crippen molar-refractivity contribution < 1.29 is 9.84 Å². The summed E-state index contributed by atoms with van der Waals surface area (Å²) in [6.45, 7) is 5.81. The van der Waals surface area contributed by atoms with E-state index in [2.05, 4.69) is 13.8 Å². The number of benzene rings is 1. The molecule has 1 saturated heterocycles. The summed E-state index contributed by atoms with van der Waals surface area (Å²) < 4.78 is 7.28. The van der Waals surface area contributed by atoms with E-state index in [0.29, 0.717) is 36.2 Å². The molecule has 1 aliphatic heterocycles. The molecular formula is C21H28N2O3S. The van der Waals surface area contributed by atoms with Crippen molar-refractivity contribution in [2.24, 2.45) is 17.3 Å². The van der Waals surface area contributed by atoms with Gasteiger partial charge in [0.1, 0.15) is 0 Å². The Labute approximate surface area is 164 Å². The number of ether oxygens (including phenoxy) is 1. The molecule has 5 nitrogen and oxygen atoms in total. The second-order valence-corrected chi connectivity index (χ2v) is 9.30. The van der Waals surface area contributed by atoms with Gasteiger partial charge in [-0.2, -0.15) is 0 Å². The zero-order chi connectivity index (χ0) is 19.0. The molecule has 1 aromatic heterocycles. The number of nitrogens with zero attached hydrogens (tertiary/aromatic N) is 2. The first kappa shape index (κ1) is 19.0. The molecular weight excluding hydrogens is 360 g/mol. The largest absolute Gasteiger partial charge is 0.396 e. The normalized spacial score (nSPS) is 27.4. The molecule has 0 radical (unpaired) electrons. The number of aliphatic hydroxyl groups is 1. The van der Waals surface area contributed by atoms with E-state index in [-0.39, 0.29) is 23.6 Å². The quantitative estimate of drug-likeness (QED) is 0.627. The molecule has 1 aromatic carbocycles. The van der Waals surface area contributed by atoms with E-state index < -0.39 is 0 Å². The van der Waals surface area contributed by atoms with Gasteiger partial charge in [-0.15, -0.1) is 0 Å². The summed E-state index contributed by atoms with van der Waals surface area (Å²) in [7, 11) is 0. The molecule has 2 aliphatic rings. The lowest BCUT2D eigenvalue weighted by atomic mass is 9.78. The van der Waals surface area contributed by atoms with Crippen molar-refractivity contribution in [3.05, 3.63) is 34.6 Å². The molecule has 2 heterocycles. The molecule has 27 heavy (non-hydrogen) atoms.